The maximum atomic E-state index is 11.4. The van der Waals surface area contributed by atoms with Crippen molar-refractivity contribution < 1.29 is 4.79 Å². The van der Waals surface area contributed by atoms with E-state index in [4.69, 9.17) is 11.6 Å². The Morgan fingerprint density at radius 3 is 2.95 bits per heavy atom. The molecule has 3 rings (SSSR count). The summed E-state index contributed by atoms with van der Waals surface area (Å²) >= 11 is 7.27. The first-order chi connectivity index (χ1) is 9.04. The average molecular weight is 296 g/mol. The molecule has 1 unspecified atom stereocenters. The number of benzene rings is 1. The Hall–Kier alpha value is -1.66. The standard InChI is InChI=1S/C12H10ClN3O2S/c1-5-2-9(17)15-16-10(5)6-3-7(13)11-8(4-6)19-12(18)14-11/h3-5H,2H2,1H3,(H,14,18)(H,15,17). The SMILES string of the molecule is CC1CC(=O)NN=C1c1cc(Cl)c2[nH]c(=O)sc2c1. The fraction of sp³-hybridized carbons (Fsp3) is 0.250. The Kier molecular flexibility index (Phi) is 2.91. The van der Waals surface area contributed by atoms with Gasteiger partial charge in [0.1, 0.15) is 0 Å². The molecule has 0 bridgehead atoms. The second-order valence-corrected chi connectivity index (χ2v) is 5.90. The zero-order valence-corrected chi connectivity index (χ0v) is 11.6. The number of amides is 1. The van der Waals surface area contributed by atoms with Gasteiger partial charge in [-0.15, -0.1) is 0 Å². The smallest absolute Gasteiger partial charge is 0.305 e. The van der Waals surface area contributed by atoms with Crippen LogP contribution in [-0.4, -0.2) is 16.6 Å². The van der Waals surface area contributed by atoms with E-state index < -0.39 is 0 Å². The summed E-state index contributed by atoms with van der Waals surface area (Å²) in [6.45, 7) is 1.94. The molecule has 0 fully saturated rings. The fourth-order valence-corrected chi connectivity index (χ4v) is 3.29. The molecule has 0 spiro atoms. The van der Waals surface area contributed by atoms with Gasteiger partial charge in [0.05, 0.1) is 21.0 Å². The van der Waals surface area contributed by atoms with E-state index in [-0.39, 0.29) is 16.7 Å². The Balaban J connectivity index is 2.15. The molecule has 2 heterocycles. The molecule has 1 amide bonds. The lowest BCUT2D eigenvalue weighted by Crippen LogP contribution is -2.31. The Labute approximate surface area is 117 Å². The molecule has 98 valence electrons. The van der Waals surface area contributed by atoms with E-state index in [1.54, 1.807) is 6.07 Å². The van der Waals surface area contributed by atoms with E-state index >= 15 is 0 Å². The average Bonchev–Trinajstić information content (AvgIpc) is 2.70. The zero-order valence-electron chi connectivity index (χ0n) is 9.99. The number of aromatic amines is 1. The first-order valence-corrected chi connectivity index (χ1v) is 6.93. The van der Waals surface area contributed by atoms with Crippen LogP contribution in [0.1, 0.15) is 18.9 Å². The molecule has 1 aliphatic heterocycles. The van der Waals surface area contributed by atoms with Crippen LogP contribution >= 0.6 is 22.9 Å². The lowest BCUT2D eigenvalue weighted by atomic mass is 9.94. The van der Waals surface area contributed by atoms with Gasteiger partial charge in [0.2, 0.25) is 5.91 Å². The minimum Gasteiger partial charge on any atom is -0.311 e. The van der Waals surface area contributed by atoms with E-state index in [1.807, 2.05) is 13.0 Å². The van der Waals surface area contributed by atoms with Crippen LogP contribution in [0.4, 0.5) is 0 Å². The van der Waals surface area contributed by atoms with Crippen LogP contribution in [0.5, 0.6) is 0 Å². The predicted octanol–water partition coefficient (Wildman–Crippen LogP) is 2.10. The summed E-state index contributed by atoms with van der Waals surface area (Å²) in [7, 11) is 0. The van der Waals surface area contributed by atoms with E-state index in [0.717, 1.165) is 27.3 Å². The number of nitrogens with zero attached hydrogens (tertiary/aromatic N) is 1. The second-order valence-electron chi connectivity index (χ2n) is 4.48. The van der Waals surface area contributed by atoms with E-state index in [1.165, 1.54) is 0 Å². The van der Waals surface area contributed by atoms with Crippen molar-refractivity contribution in [3.63, 3.8) is 0 Å². The van der Waals surface area contributed by atoms with Crippen LogP contribution < -0.4 is 10.3 Å². The lowest BCUT2D eigenvalue weighted by molar-refractivity contribution is -0.121. The van der Waals surface area contributed by atoms with Crippen molar-refractivity contribution in [2.24, 2.45) is 11.0 Å². The molecule has 1 atom stereocenters. The number of carbonyl (C=O) groups is 1. The molecule has 5 nitrogen and oxygen atoms in total. The number of aromatic nitrogens is 1. The van der Waals surface area contributed by atoms with Gasteiger partial charge in [-0.05, 0) is 12.1 Å². The molecular weight excluding hydrogens is 286 g/mol. The van der Waals surface area contributed by atoms with Gasteiger partial charge in [0, 0.05) is 17.9 Å². The summed E-state index contributed by atoms with van der Waals surface area (Å²) in [5.41, 5.74) is 4.74. The van der Waals surface area contributed by atoms with Gasteiger partial charge in [-0.1, -0.05) is 29.9 Å². The van der Waals surface area contributed by atoms with Gasteiger partial charge in [0.25, 0.3) is 0 Å². The minimum atomic E-state index is -0.138. The normalized spacial score (nSPS) is 19.4. The van der Waals surface area contributed by atoms with Crippen LogP contribution in [0.15, 0.2) is 22.0 Å². The van der Waals surface area contributed by atoms with Gasteiger partial charge in [-0.25, -0.2) is 5.43 Å². The molecule has 1 aliphatic rings. The summed E-state index contributed by atoms with van der Waals surface area (Å²) in [5, 5.41) is 4.58. The summed E-state index contributed by atoms with van der Waals surface area (Å²) in [6, 6.07) is 3.63. The first-order valence-electron chi connectivity index (χ1n) is 5.74. The Morgan fingerprint density at radius 2 is 2.21 bits per heavy atom. The highest BCUT2D eigenvalue weighted by Gasteiger charge is 2.22. The Bertz CT molecular complexity index is 762. The van der Waals surface area contributed by atoms with Crippen molar-refractivity contribution in [1.29, 1.82) is 0 Å². The van der Waals surface area contributed by atoms with Crippen molar-refractivity contribution in [1.82, 2.24) is 10.4 Å². The zero-order chi connectivity index (χ0) is 13.6. The maximum absolute atomic E-state index is 11.4. The van der Waals surface area contributed by atoms with Crippen molar-refractivity contribution >= 4 is 44.8 Å². The highest BCUT2D eigenvalue weighted by Crippen LogP contribution is 2.27. The molecular formula is C12H10ClN3O2S. The topological polar surface area (TPSA) is 74.3 Å². The quantitative estimate of drug-likeness (QED) is 0.845. The van der Waals surface area contributed by atoms with Crippen molar-refractivity contribution in [2.75, 3.05) is 0 Å². The second kappa shape index (κ2) is 4.47. The van der Waals surface area contributed by atoms with Crippen LogP contribution in [0, 0.1) is 5.92 Å². The highest BCUT2D eigenvalue weighted by atomic mass is 35.5. The molecule has 0 aliphatic carbocycles. The maximum Gasteiger partial charge on any atom is 0.305 e. The number of hydrogen-bond donors (Lipinski definition) is 2. The fourth-order valence-electron chi connectivity index (χ4n) is 2.16. The molecule has 7 heteroatoms. The van der Waals surface area contributed by atoms with Crippen LogP contribution in [0.25, 0.3) is 10.2 Å². The molecule has 19 heavy (non-hydrogen) atoms. The Morgan fingerprint density at radius 1 is 1.42 bits per heavy atom. The van der Waals surface area contributed by atoms with Crippen molar-refractivity contribution in [3.05, 3.63) is 32.4 Å². The monoisotopic (exact) mass is 295 g/mol. The van der Waals surface area contributed by atoms with Crippen LogP contribution in [0.3, 0.4) is 0 Å². The number of nitrogens with one attached hydrogen (secondary N) is 2. The molecule has 1 aromatic carbocycles. The van der Waals surface area contributed by atoms with Gasteiger partial charge >= 0.3 is 4.87 Å². The molecule has 0 saturated carbocycles. The summed E-state index contributed by atoms with van der Waals surface area (Å²) in [6.07, 6.45) is 0.401. The number of hydrazone groups is 1. The van der Waals surface area contributed by atoms with E-state index in [0.29, 0.717) is 17.0 Å². The molecule has 0 radical (unpaired) electrons. The third-order valence-electron chi connectivity index (χ3n) is 3.04. The van der Waals surface area contributed by atoms with E-state index in [9.17, 15) is 9.59 Å². The third-order valence-corrected chi connectivity index (χ3v) is 4.17. The highest BCUT2D eigenvalue weighted by molar-refractivity contribution is 7.16. The number of thiazole rings is 1. The van der Waals surface area contributed by atoms with Crippen molar-refractivity contribution in [3.8, 4) is 0 Å². The number of fused-ring (bicyclic) bond motifs is 1. The summed E-state index contributed by atoms with van der Waals surface area (Å²) < 4.78 is 0.791. The largest absolute Gasteiger partial charge is 0.311 e. The lowest BCUT2D eigenvalue weighted by Gasteiger charge is -2.19. The molecule has 2 aromatic rings. The summed E-state index contributed by atoms with van der Waals surface area (Å²) in [4.78, 5) is 25.2. The number of halogens is 1. The number of hydrogen-bond acceptors (Lipinski definition) is 4. The van der Waals surface area contributed by atoms with Gasteiger partial charge in [-0.3, -0.25) is 9.59 Å². The summed E-state index contributed by atoms with van der Waals surface area (Å²) in [5.74, 6) is -0.0624. The number of H-pyrrole nitrogens is 1. The van der Waals surface area contributed by atoms with Crippen molar-refractivity contribution in [2.45, 2.75) is 13.3 Å². The molecule has 2 N–H and O–H groups in total. The van der Waals surface area contributed by atoms with Crippen LogP contribution in [-0.2, 0) is 4.79 Å². The predicted molar refractivity (Wildman–Crippen MR) is 75.9 cm³/mol. The third kappa shape index (κ3) is 2.17. The van der Waals surface area contributed by atoms with Gasteiger partial charge < -0.3 is 4.98 Å². The van der Waals surface area contributed by atoms with Gasteiger partial charge in [-0.2, -0.15) is 5.10 Å². The number of rotatable bonds is 1. The minimum absolute atomic E-state index is 0.0259. The molecule has 0 saturated heterocycles. The van der Waals surface area contributed by atoms with Crippen LogP contribution in [0.2, 0.25) is 5.02 Å². The van der Waals surface area contributed by atoms with Gasteiger partial charge in [0.15, 0.2) is 0 Å². The first kappa shape index (κ1) is 12.4. The molecule has 1 aromatic heterocycles. The number of carbonyl (C=O) groups excluding carboxylic acids is 1. The van der Waals surface area contributed by atoms with E-state index in [2.05, 4.69) is 15.5 Å².